The summed E-state index contributed by atoms with van der Waals surface area (Å²) in [5, 5.41) is 2.95. The van der Waals surface area contributed by atoms with Gasteiger partial charge in [0.25, 0.3) is 0 Å². The number of fused-ring (bicyclic) bond motifs is 1. The van der Waals surface area contributed by atoms with E-state index in [1.54, 1.807) is 11.8 Å². The molecule has 0 spiro atoms. The lowest BCUT2D eigenvalue weighted by atomic mass is 10.3. The molecule has 0 radical (unpaired) electrons. The van der Waals surface area contributed by atoms with Crippen molar-refractivity contribution in [2.45, 2.75) is 19.2 Å². The van der Waals surface area contributed by atoms with Crippen LogP contribution in [-0.4, -0.2) is 28.3 Å². The zero-order valence-corrected chi connectivity index (χ0v) is 15.2. The fourth-order valence-corrected chi connectivity index (χ4v) is 3.20. The molecule has 0 aliphatic rings. The average Bonchev–Trinajstić information content (AvgIpc) is 2.95. The van der Waals surface area contributed by atoms with Crippen LogP contribution in [-0.2, 0) is 17.1 Å². The number of para-hydroxylation sites is 4. The number of nitrogens with zero attached hydrogens (tertiary/aromatic N) is 2. The van der Waals surface area contributed by atoms with Crippen LogP contribution in [0.25, 0.3) is 11.0 Å². The third-order valence-corrected chi connectivity index (χ3v) is 4.32. The van der Waals surface area contributed by atoms with E-state index in [0.29, 0.717) is 18.0 Å². The van der Waals surface area contributed by atoms with Gasteiger partial charge >= 0.3 is 0 Å². The molecule has 0 unspecified atom stereocenters. The Morgan fingerprint density at radius 3 is 2.76 bits per heavy atom. The van der Waals surface area contributed by atoms with E-state index in [1.165, 1.54) is 0 Å². The van der Waals surface area contributed by atoms with Gasteiger partial charge in [-0.25, -0.2) is 4.98 Å². The highest BCUT2D eigenvalue weighted by Gasteiger charge is 2.14. The fraction of sp³-hybridized carbons (Fsp3) is 0.263. The number of thioether (sulfide) groups is 1. The van der Waals surface area contributed by atoms with E-state index in [-0.39, 0.29) is 12.5 Å². The van der Waals surface area contributed by atoms with Gasteiger partial charge in [0.1, 0.15) is 18.1 Å². The lowest BCUT2D eigenvalue weighted by molar-refractivity contribution is -0.116. The highest BCUT2D eigenvalue weighted by Crippen LogP contribution is 2.24. The molecule has 6 heteroatoms. The summed E-state index contributed by atoms with van der Waals surface area (Å²) in [5.74, 6) is 2.25. The van der Waals surface area contributed by atoms with Crippen molar-refractivity contribution in [1.29, 1.82) is 0 Å². The second-order valence-corrected chi connectivity index (χ2v) is 6.38. The molecule has 0 aliphatic carbocycles. The smallest absolute Gasteiger partial charge is 0.244 e. The summed E-state index contributed by atoms with van der Waals surface area (Å²) in [7, 11) is 0. The monoisotopic (exact) mass is 355 g/mol. The molecule has 0 saturated carbocycles. The number of ether oxygens (including phenoxy) is 1. The minimum Gasteiger partial charge on any atom is -0.492 e. The topological polar surface area (TPSA) is 56.1 Å². The van der Waals surface area contributed by atoms with Crippen LogP contribution in [0.4, 0.5) is 5.69 Å². The molecular formula is C19H21N3O2S. The number of imidazole rings is 1. The van der Waals surface area contributed by atoms with Gasteiger partial charge in [-0.15, -0.1) is 0 Å². The van der Waals surface area contributed by atoms with Crippen molar-refractivity contribution in [2.24, 2.45) is 0 Å². The van der Waals surface area contributed by atoms with Gasteiger partial charge in [-0.05, 0) is 37.4 Å². The quantitative estimate of drug-likeness (QED) is 0.697. The van der Waals surface area contributed by atoms with Crippen molar-refractivity contribution in [3.05, 3.63) is 54.4 Å². The number of hydrogen-bond donors (Lipinski definition) is 1. The molecule has 0 atom stereocenters. The second-order valence-electron chi connectivity index (χ2n) is 5.51. The van der Waals surface area contributed by atoms with Crippen molar-refractivity contribution in [3.63, 3.8) is 0 Å². The van der Waals surface area contributed by atoms with Gasteiger partial charge < -0.3 is 14.6 Å². The molecule has 25 heavy (non-hydrogen) atoms. The maximum absolute atomic E-state index is 12.6. The molecule has 2 aromatic carbocycles. The molecule has 1 aromatic heterocycles. The fourth-order valence-electron chi connectivity index (χ4n) is 2.73. The number of nitrogens with one attached hydrogen (secondary N) is 1. The molecule has 0 fully saturated rings. The molecule has 0 aliphatic heterocycles. The van der Waals surface area contributed by atoms with Crippen LogP contribution in [0.3, 0.4) is 0 Å². The van der Waals surface area contributed by atoms with Crippen molar-refractivity contribution in [2.75, 3.05) is 18.2 Å². The van der Waals surface area contributed by atoms with E-state index in [1.807, 2.05) is 66.3 Å². The van der Waals surface area contributed by atoms with Crippen LogP contribution in [0, 0.1) is 0 Å². The predicted octanol–water partition coefficient (Wildman–Crippen LogP) is 3.94. The molecule has 0 bridgehead atoms. The molecular weight excluding hydrogens is 334 g/mol. The first-order valence-corrected chi connectivity index (χ1v) is 9.57. The van der Waals surface area contributed by atoms with Crippen molar-refractivity contribution >= 4 is 34.4 Å². The van der Waals surface area contributed by atoms with Crippen LogP contribution in [0.15, 0.2) is 48.5 Å². The van der Waals surface area contributed by atoms with Gasteiger partial charge in [0.05, 0.1) is 29.1 Å². The zero-order chi connectivity index (χ0) is 17.6. The van der Waals surface area contributed by atoms with Gasteiger partial charge in [0, 0.05) is 0 Å². The van der Waals surface area contributed by atoms with Gasteiger partial charge in [0.2, 0.25) is 5.91 Å². The summed E-state index contributed by atoms with van der Waals surface area (Å²) in [4.78, 5) is 17.3. The number of carbonyl (C=O) groups is 1. The highest BCUT2D eigenvalue weighted by molar-refractivity contribution is 7.97. The van der Waals surface area contributed by atoms with Crippen LogP contribution in [0.2, 0.25) is 0 Å². The van der Waals surface area contributed by atoms with E-state index < -0.39 is 0 Å². The Kier molecular flexibility index (Phi) is 5.60. The van der Waals surface area contributed by atoms with Crippen LogP contribution < -0.4 is 10.1 Å². The molecule has 1 N–H and O–H groups in total. The number of anilines is 1. The largest absolute Gasteiger partial charge is 0.492 e. The van der Waals surface area contributed by atoms with Crippen molar-refractivity contribution in [3.8, 4) is 5.75 Å². The maximum Gasteiger partial charge on any atom is 0.244 e. The van der Waals surface area contributed by atoms with Crippen molar-refractivity contribution in [1.82, 2.24) is 9.55 Å². The van der Waals surface area contributed by atoms with Gasteiger partial charge in [-0.3, -0.25) is 4.79 Å². The number of carbonyl (C=O) groups excluding carboxylic acids is 1. The molecule has 3 rings (SSSR count). The predicted molar refractivity (Wildman–Crippen MR) is 103 cm³/mol. The minimum atomic E-state index is -0.0994. The van der Waals surface area contributed by atoms with E-state index in [0.717, 1.165) is 22.6 Å². The van der Waals surface area contributed by atoms with Crippen LogP contribution in [0.5, 0.6) is 5.75 Å². The lowest BCUT2D eigenvalue weighted by Crippen LogP contribution is -2.20. The highest BCUT2D eigenvalue weighted by atomic mass is 32.2. The number of rotatable bonds is 7. The summed E-state index contributed by atoms with van der Waals surface area (Å²) in [6, 6.07) is 15.4. The first-order valence-electron chi connectivity index (χ1n) is 8.17. The Balaban J connectivity index is 1.84. The third-order valence-electron chi connectivity index (χ3n) is 3.77. The molecule has 3 aromatic rings. The van der Waals surface area contributed by atoms with E-state index in [2.05, 4.69) is 10.3 Å². The normalized spacial score (nSPS) is 10.8. The molecule has 1 amide bonds. The number of hydrogen-bond acceptors (Lipinski definition) is 4. The van der Waals surface area contributed by atoms with Crippen LogP contribution in [0.1, 0.15) is 12.7 Å². The Hall–Kier alpha value is -2.47. The van der Waals surface area contributed by atoms with Crippen molar-refractivity contribution < 1.29 is 9.53 Å². The Labute approximate surface area is 151 Å². The van der Waals surface area contributed by atoms with Gasteiger partial charge in [-0.1, -0.05) is 24.3 Å². The standard InChI is InChI=1S/C19H21N3O2S/c1-3-24-17-11-7-5-9-15(17)21-19(23)12-22-16-10-6-4-8-14(16)20-18(22)13-25-2/h4-11H,3,12-13H2,1-2H3,(H,21,23). The zero-order valence-electron chi connectivity index (χ0n) is 14.4. The summed E-state index contributed by atoms with van der Waals surface area (Å²) in [5.41, 5.74) is 2.57. The first kappa shape index (κ1) is 17.4. The number of benzene rings is 2. The van der Waals surface area contributed by atoms with E-state index in [4.69, 9.17) is 4.74 Å². The summed E-state index contributed by atoms with van der Waals surface area (Å²) >= 11 is 1.69. The van der Waals surface area contributed by atoms with E-state index in [9.17, 15) is 4.79 Å². The first-order chi connectivity index (χ1) is 12.2. The van der Waals surface area contributed by atoms with Crippen LogP contribution >= 0.6 is 11.8 Å². The average molecular weight is 355 g/mol. The molecule has 1 heterocycles. The summed E-state index contributed by atoms with van der Waals surface area (Å²) in [6.45, 7) is 2.69. The Bertz CT molecular complexity index is 876. The summed E-state index contributed by atoms with van der Waals surface area (Å²) in [6.07, 6.45) is 2.03. The van der Waals surface area contributed by atoms with Gasteiger partial charge in [-0.2, -0.15) is 11.8 Å². The minimum absolute atomic E-state index is 0.0994. The molecule has 0 saturated heterocycles. The third kappa shape index (κ3) is 3.96. The Morgan fingerprint density at radius 2 is 1.96 bits per heavy atom. The lowest BCUT2D eigenvalue weighted by Gasteiger charge is -2.13. The maximum atomic E-state index is 12.6. The SMILES string of the molecule is CCOc1ccccc1NC(=O)Cn1c(CSC)nc2ccccc21. The second kappa shape index (κ2) is 8.07. The molecule has 130 valence electrons. The summed E-state index contributed by atoms with van der Waals surface area (Å²) < 4.78 is 7.55. The number of amides is 1. The van der Waals surface area contributed by atoms with E-state index >= 15 is 0 Å². The number of aromatic nitrogens is 2. The molecule has 5 nitrogen and oxygen atoms in total. The Morgan fingerprint density at radius 1 is 1.20 bits per heavy atom. The van der Waals surface area contributed by atoms with Gasteiger partial charge in [0.15, 0.2) is 0 Å².